The average molecular weight is 342 g/mol. The third kappa shape index (κ3) is 3.52. The van der Waals surface area contributed by atoms with Crippen LogP contribution < -0.4 is 4.74 Å². The Kier molecular flexibility index (Phi) is 5.67. The maximum atomic E-state index is 13.1. The van der Waals surface area contributed by atoms with Crippen molar-refractivity contribution in [3.05, 3.63) is 22.8 Å². The highest BCUT2D eigenvalue weighted by molar-refractivity contribution is 7.89. The van der Waals surface area contributed by atoms with Gasteiger partial charge in [-0.25, -0.2) is 8.42 Å². The lowest BCUT2D eigenvalue weighted by atomic mass is 10.1. The first kappa shape index (κ1) is 18.2. The Morgan fingerprint density at radius 3 is 2.26 bits per heavy atom. The molecule has 1 heterocycles. The van der Waals surface area contributed by atoms with Gasteiger partial charge in [-0.05, 0) is 43.5 Å². The van der Waals surface area contributed by atoms with Gasteiger partial charge in [0.25, 0.3) is 0 Å². The fraction of sp³-hybridized carbons (Fsp3) is 0.625. The van der Waals surface area contributed by atoms with Gasteiger partial charge in [-0.1, -0.05) is 0 Å². The Labute approximate surface area is 138 Å². The average Bonchev–Trinajstić information content (AvgIpc) is 2.51. The van der Waals surface area contributed by atoms with Gasteiger partial charge in [0.2, 0.25) is 10.0 Å². The van der Waals surface area contributed by atoms with Crippen LogP contribution in [-0.2, 0) is 10.0 Å². The predicted molar refractivity (Wildman–Crippen MR) is 89.5 cm³/mol. The Balaban J connectivity index is 2.33. The maximum absolute atomic E-state index is 13.1. The molecule has 1 aromatic carbocycles. The number of aliphatic hydroxyl groups excluding tert-OH is 1. The molecule has 1 aromatic rings. The van der Waals surface area contributed by atoms with E-state index in [-0.39, 0.29) is 6.61 Å². The summed E-state index contributed by atoms with van der Waals surface area (Å²) < 4.78 is 33.0. The second-order valence-electron chi connectivity index (χ2n) is 5.94. The van der Waals surface area contributed by atoms with Crippen molar-refractivity contribution in [3.8, 4) is 5.75 Å². The summed E-state index contributed by atoms with van der Waals surface area (Å²) in [6.45, 7) is 8.41. The first-order valence-corrected chi connectivity index (χ1v) is 9.25. The number of piperazine rings is 1. The lowest BCUT2D eigenvalue weighted by Crippen LogP contribution is -2.49. The molecule has 0 unspecified atom stereocenters. The third-order valence-electron chi connectivity index (χ3n) is 4.54. The quantitative estimate of drug-likeness (QED) is 0.862. The molecule has 1 N–H and O–H groups in total. The van der Waals surface area contributed by atoms with Crippen LogP contribution in [0.15, 0.2) is 11.0 Å². The van der Waals surface area contributed by atoms with Crippen LogP contribution in [0.2, 0.25) is 0 Å². The molecular weight excluding hydrogens is 316 g/mol. The van der Waals surface area contributed by atoms with Gasteiger partial charge in [-0.3, -0.25) is 4.90 Å². The van der Waals surface area contributed by atoms with Crippen LogP contribution in [-0.4, -0.2) is 69.2 Å². The van der Waals surface area contributed by atoms with Gasteiger partial charge in [0.05, 0.1) is 18.6 Å². The number of benzene rings is 1. The fourth-order valence-electron chi connectivity index (χ4n) is 3.09. The minimum Gasteiger partial charge on any atom is -0.496 e. The molecule has 0 saturated carbocycles. The number of aliphatic hydroxyl groups is 1. The molecule has 6 nitrogen and oxygen atoms in total. The molecule has 1 fully saturated rings. The van der Waals surface area contributed by atoms with E-state index in [2.05, 4.69) is 4.90 Å². The van der Waals surface area contributed by atoms with Crippen molar-refractivity contribution in [1.82, 2.24) is 9.21 Å². The van der Waals surface area contributed by atoms with Gasteiger partial charge < -0.3 is 9.84 Å². The topological polar surface area (TPSA) is 70.1 Å². The monoisotopic (exact) mass is 342 g/mol. The number of rotatable bonds is 5. The zero-order chi connectivity index (χ0) is 17.2. The largest absolute Gasteiger partial charge is 0.496 e. The number of hydrogen-bond acceptors (Lipinski definition) is 5. The van der Waals surface area contributed by atoms with Crippen LogP contribution in [0.5, 0.6) is 5.75 Å². The zero-order valence-electron chi connectivity index (χ0n) is 14.3. The van der Waals surface area contributed by atoms with Gasteiger partial charge in [0.15, 0.2) is 0 Å². The van der Waals surface area contributed by atoms with E-state index in [0.717, 1.165) is 11.1 Å². The highest BCUT2D eigenvalue weighted by atomic mass is 32.2. The lowest BCUT2D eigenvalue weighted by molar-refractivity contribution is 0.151. The summed E-state index contributed by atoms with van der Waals surface area (Å²) in [6.07, 6.45) is 0. The highest BCUT2D eigenvalue weighted by Gasteiger charge is 2.31. The third-order valence-corrected chi connectivity index (χ3v) is 6.73. The second-order valence-corrected chi connectivity index (χ2v) is 7.82. The van der Waals surface area contributed by atoms with Crippen molar-refractivity contribution in [2.24, 2.45) is 0 Å². The van der Waals surface area contributed by atoms with Crippen LogP contribution in [0.3, 0.4) is 0 Å². The fourth-order valence-corrected chi connectivity index (χ4v) is 5.00. The first-order chi connectivity index (χ1) is 10.8. The minimum atomic E-state index is -3.52. The number of ether oxygens (including phenoxy) is 1. The Hall–Kier alpha value is -1.15. The summed E-state index contributed by atoms with van der Waals surface area (Å²) in [6, 6.07) is 1.79. The Bertz CT molecular complexity index is 665. The highest BCUT2D eigenvalue weighted by Crippen LogP contribution is 2.32. The van der Waals surface area contributed by atoms with Gasteiger partial charge in [0, 0.05) is 32.7 Å². The molecule has 2 rings (SSSR count). The number of β-amino-alcohol motifs (C(OH)–C–C–N with tert-alkyl or cyclic N) is 1. The molecule has 1 aliphatic heterocycles. The summed E-state index contributed by atoms with van der Waals surface area (Å²) in [5, 5.41) is 8.99. The van der Waals surface area contributed by atoms with Crippen molar-refractivity contribution in [1.29, 1.82) is 0 Å². The van der Waals surface area contributed by atoms with E-state index in [1.807, 2.05) is 20.8 Å². The minimum absolute atomic E-state index is 0.0998. The van der Waals surface area contributed by atoms with E-state index in [9.17, 15) is 8.42 Å². The molecule has 0 bridgehead atoms. The number of nitrogens with zero attached hydrogens (tertiary/aromatic N) is 2. The zero-order valence-corrected chi connectivity index (χ0v) is 15.1. The van der Waals surface area contributed by atoms with E-state index < -0.39 is 10.0 Å². The van der Waals surface area contributed by atoms with Crippen LogP contribution in [0.4, 0.5) is 0 Å². The van der Waals surface area contributed by atoms with Gasteiger partial charge in [-0.2, -0.15) is 4.31 Å². The van der Waals surface area contributed by atoms with Gasteiger partial charge >= 0.3 is 0 Å². The van der Waals surface area contributed by atoms with Crippen LogP contribution in [0, 0.1) is 20.8 Å². The summed E-state index contributed by atoms with van der Waals surface area (Å²) in [5.74, 6) is 0.715. The summed E-state index contributed by atoms with van der Waals surface area (Å²) in [5.41, 5.74) is 2.32. The normalized spacial score (nSPS) is 17.4. The molecular formula is C16H26N2O4S. The van der Waals surface area contributed by atoms with Crippen LogP contribution in [0.25, 0.3) is 0 Å². The van der Waals surface area contributed by atoms with E-state index in [4.69, 9.17) is 9.84 Å². The number of methoxy groups -OCH3 is 1. The van der Waals surface area contributed by atoms with Crippen LogP contribution in [0.1, 0.15) is 16.7 Å². The summed E-state index contributed by atoms with van der Waals surface area (Å²) >= 11 is 0. The molecule has 0 aromatic heterocycles. The van der Waals surface area contributed by atoms with E-state index >= 15 is 0 Å². The van der Waals surface area contributed by atoms with E-state index in [1.165, 1.54) is 0 Å². The number of aryl methyl sites for hydroxylation is 1. The molecule has 23 heavy (non-hydrogen) atoms. The van der Waals surface area contributed by atoms with Crippen molar-refractivity contribution in [2.45, 2.75) is 25.7 Å². The molecule has 130 valence electrons. The first-order valence-electron chi connectivity index (χ1n) is 7.81. The second kappa shape index (κ2) is 7.17. The summed E-state index contributed by atoms with van der Waals surface area (Å²) in [7, 11) is -1.93. The molecule has 0 spiro atoms. The smallest absolute Gasteiger partial charge is 0.243 e. The number of hydrogen-bond donors (Lipinski definition) is 1. The maximum Gasteiger partial charge on any atom is 0.243 e. The van der Waals surface area contributed by atoms with Crippen molar-refractivity contribution in [2.75, 3.05) is 46.4 Å². The van der Waals surface area contributed by atoms with E-state index in [1.54, 1.807) is 17.5 Å². The van der Waals surface area contributed by atoms with Crippen LogP contribution >= 0.6 is 0 Å². The summed E-state index contributed by atoms with van der Waals surface area (Å²) in [4.78, 5) is 2.47. The lowest BCUT2D eigenvalue weighted by Gasteiger charge is -2.34. The van der Waals surface area contributed by atoms with Crippen molar-refractivity contribution >= 4 is 10.0 Å². The number of sulfonamides is 1. The molecule has 1 aliphatic rings. The van der Waals surface area contributed by atoms with E-state index in [0.29, 0.717) is 48.9 Å². The SMILES string of the molecule is COc1cc(C)c(S(=O)(=O)N2CCN(CCO)CC2)c(C)c1C. The molecule has 0 amide bonds. The van der Waals surface area contributed by atoms with Gasteiger partial charge in [-0.15, -0.1) is 0 Å². The van der Waals surface area contributed by atoms with Crippen molar-refractivity contribution in [3.63, 3.8) is 0 Å². The van der Waals surface area contributed by atoms with Crippen molar-refractivity contribution < 1.29 is 18.3 Å². The predicted octanol–water partition coefficient (Wildman–Crippen LogP) is 0.919. The molecule has 0 atom stereocenters. The standard InChI is InChI=1S/C16H26N2O4S/c1-12-11-15(22-4)13(2)14(3)16(12)23(20,21)18-7-5-17(6-8-18)9-10-19/h11,19H,5-10H2,1-4H3. The molecule has 0 radical (unpaired) electrons. The molecule has 0 aliphatic carbocycles. The molecule has 7 heteroatoms. The van der Waals surface area contributed by atoms with Gasteiger partial charge in [0.1, 0.15) is 5.75 Å². The molecule has 1 saturated heterocycles. The Morgan fingerprint density at radius 2 is 1.74 bits per heavy atom. The Morgan fingerprint density at radius 1 is 1.13 bits per heavy atom.